The minimum atomic E-state index is -0.342. The van der Waals surface area contributed by atoms with Crippen LogP contribution in [0.15, 0.2) is 4.99 Å². The van der Waals surface area contributed by atoms with Gasteiger partial charge in [0.15, 0.2) is 5.96 Å². The third-order valence-corrected chi connectivity index (χ3v) is 2.10. The molecular formula is C13H29IN4O. The maximum Gasteiger partial charge on any atom is 0.225 e. The van der Waals surface area contributed by atoms with Crippen molar-refractivity contribution < 1.29 is 4.79 Å². The van der Waals surface area contributed by atoms with Gasteiger partial charge in [-0.1, -0.05) is 20.8 Å². The van der Waals surface area contributed by atoms with Gasteiger partial charge in [0.25, 0.3) is 0 Å². The van der Waals surface area contributed by atoms with Crippen LogP contribution in [0.5, 0.6) is 0 Å². The Bertz CT molecular complexity index is 303. The van der Waals surface area contributed by atoms with E-state index >= 15 is 0 Å². The molecule has 0 aromatic heterocycles. The van der Waals surface area contributed by atoms with E-state index in [-0.39, 0.29) is 40.8 Å². The summed E-state index contributed by atoms with van der Waals surface area (Å²) >= 11 is 0. The summed E-state index contributed by atoms with van der Waals surface area (Å²) in [5.74, 6) is 0.801. The lowest BCUT2D eigenvalue weighted by atomic mass is 9.96. The standard InChI is InChI=1S/C13H28N4O.HI/c1-12(2,3)10(18)15-8-9-16-11(14-7)17-13(4,5)6;/h8-9H2,1-7H3,(H,15,18)(H2,14,16,17);1H. The van der Waals surface area contributed by atoms with E-state index < -0.39 is 0 Å². The van der Waals surface area contributed by atoms with Gasteiger partial charge >= 0.3 is 0 Å². The molecule has 0 fully saturated rings. The summed E-state index contributed by atoms with van der Waals surface area (Å²) in [7, 11) is 1.73. The fourth-order valence-electron chi connectivity index (χ4n) is 1.16. The Balaban J connectivity index is 0. The Hall–Kier alpha value is -0.530. The van der Waals surface area contributed by atoms with Crippen molar-refractivity contribution >= 4 is 35.8 Å². The van der Waals surface area contributed by atoms with E-state index in [1.807, 2.05) is 20.8 Å². The minimum absolute atomic E-state index is 0. The fourth-order valence-corrected chi connectivity index (χ4v) is 1.16. The van der Waals surface area contributed by atoms with Crippen molar-refractivity contribution in [2.24, 2.45) is 10.4 Å². The Morgan fingerprint density at radius 2 is 1.47 bits per heavy atom. The second kappa shape index (κ2) is 8.60. The highest BCUT2D eigenvalue weighted by Gasteiger charge is 2.20. The summed E-state index contributed by atoms with van der Waals surface area (Å²) in [5.41, 5.74) is -0.373. The molecule has 0 saturated heterocycles. The minimum Gasteiger partial charge on any atom is -0.355 e. The second-order valence-corrected chi connectivity index (χ2v) is 6.38. The van der Waals surface area contributed by atoms with E-state index in [0.717, 1.165) is 5.96 Å². The monoisotopic (exact) mass is 384 g/mol. The first-order chi connectivity index (χ1) is 8.06. The highest BCUT2D eigenvalue weighted by Crippen LogP contribution is 2.11. The molecule has 0 atom stereocenters. The van der Waals surface area contributed by atoms with Crippen LogP contribution in [0.3, 0.4) is 0 Å². The summed E-state index contributed by atoms with van der Waals surface area (Å²) in [6.07, 6.45) is 0. The SMILES string of the molecule is CN=C(NCCNC(=O)C(C)(C)C)NC(C)(C)C.I. The first-order valence-corrected chi connectivity index (χ1v) is 6.33. The highest BCUT2D eigenvalue weighted by molar-refractivity contribution is 14.0. The Morgan fingerprint density at radius 1 is 1.00 bits per heavy atom. The van der Waals surface area contributed by atoms with E-state index in [1.54, 1.807) is 7.05 Å². The van der Waals surface area contributed by atoms with E-state index in [4.69, 9.17) is 0 Å². The van der Waals surface area contributed by atoms with Gasteiger partial charge in [0.1, 0.15) is 0 Å². The number of guanidine groups is 1. The Labute approximate surface area is 134 Å². The number of carbonyl (C=O) groups is 1. The number of hydrogen-bond acceptors (Lipinski definition) is 2. The fraction of sp³-hybridized carbons (Fsp3) is 0.846. The normalized spacial score (nSPS) is 12.5. The van der Waals surface area contributed by atoms with Gasteiger partial charge in [0.2, 0.25) is 5.91 Å². The summed E-state index contributed by atoms with van der Waals surface area (Å²) < 4.78 is 0. The van der Waals surface area contributed by atoms with Gasteiger partial charge in [-0.15, -0.1) is 24.0 Å². The van der Waals surface area contributed by atoms with Crippen LogP contribution in [0.1, 0.15) is 41.5 Å². The van der Waals surface area contributed by atoms with Crippen molar-refractivity contribution in [3.63, 3.8) is 0 Å². The summed E-state index contributed by atoms with van der Waals surface area (Å²) in [4.78, 5) is 15.7. The zero-order chi connectivity index (χ0) is 14.4. The first-order valence-electron chi connectivity index (χ1n) is 6.33. The maximum atomic E-state index is 11.6. The topological polar surface area (TPSA) is 65.5 Å². The van der Waals surface area contributed by atoms with Crippen molar-refractivity contribution in [3.8, 4) is 0 Å². The molecular weight excluding hydrogens is 355 g/mol. The van der Waals surface area contributed by atoms with Crippen molar-refractivity contribution in [2.75, 3.05) is 20.1 Å². The van der Waals surface area contributed by atoms with E-state index in [2.05, 4.69) is 41.7 Å². The van der Waals surface area contributed by atoms with Crippen molar-refractivity contribution in [2.45, 2.75) is 47.1 Å². The molecule has 0 aliphatic carbocycles. The largest absolute Gasteiger partial charge is 0.355 e. The van der Waals surface area contributed by atoms with Crippen LogP contribution in [0.25, 0.3) is 0 Å². The van der Waals surface area contributed by atoms with Crippen molar-refractivity contribution in [1.29, 1.82) is 0 Å². The van der Waals surface area contributed by atoms with E-state index in [0.29, 0.717) is 13.1 Å². The van der Waals surface area contributed by atoms with Crippen LogP contribution in [-0.4, -0.2) is 37.5 Å². The summed E-state index contributed by atoms with van der Waals surface area (Å²) in [5, 5.41) is 9.29. The molecule has 0 aliphatic rings. The van der Waals surface area contributed by atoms with Gasteiger partial charge < -0.3 is 16.0 Å². The number of amides is 1. The zero-order valence-electron chi connectivity index (χ0n) is 13.2. The predicted molar refractivity (Wildman–Crippen MR) is 92.1 cm³/mol. The van der Waals surface area contributed by atoms with Crippen LogP contribution in [-0.2, 0) is 4.79 Å². The van der Waals surface area contributed by atoms with Gasteiger partial charge in [-0.3, -0.25) is 9.79 Å². The molecule has 0 rings (SSSR count). The van der Waals surface area contributed by atoms with Crippen LogP contribution >= 0.6 is 24.0 Å². The third-order valence-electron chi connectivity index (χ3n) is 2.10. The highest BCUT2D eigenvalue weighted by atomic mass is 127. The Morgan fingerprint density at radius 3 is 1.84 bits per heavy atom. The van der Waals surface area contributed by atoms with Gasteiger partial charge in [-0.2, -0.15) is 0 Å². The lowest BCUT2D eigenvalue weighted by Crippen LogP contribution is -2.49. The van der Waals surface area contributed by atoms with E-state index in [1.165, 1.54) is 0 Å². The van der Waals surface area contributed by atoms with E-state index in [9.17, 15) is 4.79 Å². The molecule has 0 heterocycles. The summed E-state index contributed by atoms with van der Waals surface area (Å²) in [6, 6.07) is 0. The average Bonchev–Trinajstić information content (AvgIpc) is 2.19. The molecule has 0 aromatic rings. The molecule has 114 valence electrons. The molecule has 0 radical (unpaired) electrons. The molecule has 0 saturated carbocycles. The lowest BCUT2D eigenvalue weighted by molar-refractivity contribution is -0.128. The van der Waals surface area contributed by atoms with Crippen LogP contribution in [0.4, 0.5) is 0 Å². The molecule has 5 nitrogen and oxygen atoms in total. The predicted octanol–water partition coefficient (Wildman–Crippen LogP) is 1.73. The second-order valence-electron chi connectivity index (χ2n) is 6.38. The molecule has 19 heavy (non-hydrogen) atoms. The van der Waals surface area contributed by atoms with Gasteiger partial charge in [-0.05, 0) is 20.8 Å². The number of rotatable bonds is 3. The average molecular weight is 384 g/mol. The number of nitrogens with one attached hydrogen (secondary N) is 3. The van der Waals surface area contributed by atoms with Gasteiger partial charge in [0.05, 0.1) is 0 Å². The first kappa shape index (κ1) is 20.8. The molecule has 6 heteroatoms. The lowest BCUT2D eigenvalue weighted by Gasteiger charge is -2.24. The molecule has 0 aromatic carbocycles. The molecule has 0 aliphatic heterocycles. The number of nitrogens with zero attached hydrogens (tertiary/aromatic N) is 1. The molecule has 0 spiro atoms. The number of halogens is 1. The summed E-state index contributed by atoms with van der Waals surface area (Å²) in [6.45, 7) is 13.1. The number of carbonyl (C=O) groups excluding carboxylic acids is 1. The van der Waals surface area contributed by atoms with Crippen LogP contribution < -0.4 is 16.0 Å². The zero-order valence-corrected chi connectivity index (χ0v) is 15.5. The maximum absolute atomic E-state index is 11.6. The molecule has 0 bridgehead atoms. The molecule has 0 unspecified atom stereocenters. The van der Waals surface area contributed by atoms with Gasteiger partial charge in [0, 0.05) is 31.1 Å². The van der Waals surface area contributed by atoms with Gasteiger partial charge in [-0.25, -0.2) is 0 Å². The number of aliphatic imine (C=N–C) groups is 1. The van der Waals surface area contributed by atoms with Crippen LogP contribution in [0.2, 0.25) is 0 Å². The molecule has 1 amide bonds. The van der Waals surface area contributed by atoms with Crippen molar-refractivity contribution in [3.05, 3.63) is 0 Å². The Kier molecular flexibility index (Phi) is 9.41. The van der Waals surface area contributed by atoms with Crippen molar-refractivity contribution in [1.82, 2.24) is 16.0 Å². The molecule has 3 N–H and O–H groups in total. The third kappa shape index (κ3) is 11.0. The quantitative estimate of drug-likeness (QED) is 0.301. The number of hydrogen-bond donors (Lipinski definition) is 3. The smallest absolute Gasteiger partial charge is 0.225 e. The van der Waals surface area contributed by atoms with Crippen LogP contribution in [0, 0.1) is 5.41 Å².